The fourth-order valence-corrected chi connectivity index (χ4v) is 2.58. The summed E-state index contributed by atoms with van der Waals surface area (Å²) in [6, 6.07) is 5.55. The summed E-state index contributed by atoms with van der Waals surface area (Å²) in [6.45, 7) is 0. The Bertz CT molecular complexity index is 926. The first-order valence-electron chi connectivity index (χ1n) is 9.27. The smallest absolute Gasteiger partial charge is 0.354 e. The van der Waals surface area contributed by atoms with Crippen molar-refractivity contribution in [3.8, 4) is 0 Å². The minimum atomic E-state index is -0.702. The molecule has 174 valence electrons. The Kier molecular flexibility index (Phi) is 10.9. The molecule has 0 aliphatic carbocycles. The van der Waals surface area contributed by atoms with Crippen LogP contribution in [0.2, 0.25) is 0 Å². The zero-order valence-electron chi connectivity index (χ0n) is 18.0. The van der Waals surface area contributed by atoms with Crippen LogP contribution in [-0.4, -0.2) is 46.3 Å². The lowest BCUT2D eigenvalue weighted by Crippen LogP contribution is -2.36. The molecular weight excluding hydrogens is 432 g/mol. The van der Waals surface area contributed by atoms with Crippen LogP contribution in [0.1, 0.15) is 11.1 Å². The molecule has 0 heterocycles. The molecule has 0 amide bonds. The van der Waals surface area contributed by atoms with Crippen LogP contribution >= 0.6 is 0 Å². The first kappa shape index (κ1) is 26.6. The van der Waals surface area contributed by atoms with Crippen LogP contribution in [-0.2, 0) is 25.5 Å². The van der Waals surface area contributed by atoms with Crippen molar-refractivity contribution in [1.29, 1.82) is 0 Å². The molecule has 0 radical (unpaired) electrons. The molecule has 1 atom stereocenters. The van der Waals surface area contributed by atoms with E-state index in [1.54, 1.807) is 7.05 Å². The third-order valence-corrected chi connectivity index (χ3v) is 4.07. The fraction of sp³-hybridized carbons (Fsp3) is 0.273. The summed E-state index contributed by atoms with van der Waals surface area (Å²) in [6.07, 6.45) is 1.48. The van der Waals surface area contributed by atoms with E-state index < -0.39 is 41.2 Å². The second-order valence-corrected chi connectivity index (χ2v) is 6.35. The Balaban J connectivity index is 0.000000320. The average Bonchev–Trinajstić information content (AvgIpc) is 2.73. The molecule has 2 aromatic rings. The number of ether oxygens (including phenoxy) is 2. The minimum absolute atomic E-state index is 0.118. The van der Waals surface area contributed by atoms with Gasteiger partial charge in [0.05, 0.1) is 14.2 Å². The quantitative estimate of drug-likeness (QED) is 0.379. The van der Waals surface area contributed by atoms with Crippen molar-refractivity contribution in [3.05, 3.63) is 76.5 Å². The molecule has 0 spiro atoms. The molecule has 0 fully saturated rings. The summed E-state index contributed by atoms with van der Waals surface area (Å²) in [5.41, 5.74) is 0.766. The largest absolute Gasteiger partial charge is 0.468 e. The highest BCUT2D eigenvalue weighted by Gasteiger charge is 2.17. The third kappa shape index (κ3) is 8.76. The molecule has 32 heavy (non-hydrogen) atoms. The maximum absolute atomic E-state index is 12.9. The van der Waals surface area contributed by atoms with Crippen molar-refractivity contribution in [2.24, 2.45) is 0 Å². The molecule has 0 unspecified atom stereocenters. The maximum atomic E-state index is 12.9. The van der Waals surface area contributed by atoms with Gasteiger partial charge in [-0.1, -0.05) is 0 Å². The molecule has 6 nitrogen and oxygen atoms in total. The normalized spacial score (nSPS) is 11.7. The highest BCUT2D eigenvalue weighted by Crippen LogP contribution is 2.12. The summed E-state index contributed by atoms with van der Waals surface area (Å²) in [7, 11) is 5.58. The van der Waals surface area contributed by atoms with Crippen LogP contribution in [0.3, 0.4) is 0 Å². The Hall–Kier alpha value is -3.40. The van der Waals surface area contributed by atoms with Crippen LogP contribution < -0.4 is 10.6 Å². The molecular formula is C22H24F4N2O4. The predicted octanol–water partition coefficient (Wildman–Crippen LogP) is 2.97. The van der Waals surface area contributed by atoms with Crippen LogP contribution in [0.5, 0.6) is 0 Å². The summed E-state index contributed by atoms with van der Waals surface area (Å²) in [4.78, 5) is 22.4. The number of hydrogen-bond acceptors (Lipinski definition) is 6. The minimum Gasteiger partial charge on any atom is -0.468 e. The average molecular weight is 456 g/mol. The van der Waals surface area contributed by atoms with Gasteiger partial charge in [-0.2, -0.15) is 0 Å². The molecule has 0 aromatic heterocycles. The summed E-state index contributed by atoms with van der Waals surface area (Å²) < 4.78 is 60.5. The number of benzene rings is 2. The first-order chi connectivity index (χ1) is 15.1. The Labute approximate surface area is 183 Å². The molecule has 0 aliphatic heterocycles. The van der Waals surface area contributed by atoms with Gasteiger partial charge in [0, 0.05) is 19.2 Å². The van der Waals surface area contributed by atoms with Gasteiger partial charge in [-0.3, -0.25) is 4.79 Å². The second-order valence-electron chi connectivity index (χ2n) is 6.35. The SMILES string of the molecule is CN/C(=C\c1cc(F)cc(F)c1)C(=O)OC.CN[C@@H](Cc1cc(F)cc(F)c1)C(=O)OC. The third-order valence-electron chi connectivity index (χ3n) is 4.07. The van der Waals surface area contributed by atoms with Gasteiger partial charge in [-0.25, -0.2) is 22.4 Å². The number of carbonyl (C=O) groups excluding carboxylic acids is 2. The number of methoxy groups -OCH3 is 2. The van der Waals surface area contributed by atoms with Crippen molar-refractivity contribution in [2.75, 3.05) is 28.3 Å². The Morgan fingerprint density at radius 3 is 1.78 bits per heavy atom. The van der Waals surface area contributed by atoms with E-state index in [0.717, 1.165) is 24.3 Å². The van der Waals surface area contributed by atoms with Gasteiger partial charge in [0.15, 0.2) is 0 Å². The van der Waals surface area contributed by atoms with Crippen LogP contribution in [0, 0.1) is 23.3 Å². The Morgan fingerprint density at radius 2 is 1.38 bits per heavy atom. The number of esters is 2. The first-order valence-corrected chi connectivity index (χ1v) is 9.27. The van der Waals surface area contributed by atoms with Gasteiger partial charge in [0.25, 0.3) is 0 Å². The van der Waals surface area contributed by atoms with Crippen molar-refractivity contribution >= 4 is 18.0 Å². The van der Waals surface area contributed by atoms with E-state index in [1.807, 2.05) is 0 Å². The van der Waals surface area contributed by atoms with Crippen LogP contribution in [0.15, 0.2) is 42.1 Å². The molecule has 2 aromatic carbocycles. The van der Waals surface area contributed by atoms with Gasteiger partial charge in [0.2, 0.25) is 0 Å². The van der Waals surface area contributed by atoms with Gasteiger partial charge < -0.3 is 20.1 Å². The van der Waals surface area contributed by atoms with Crippen molar-refractivity contribution < 1.29 is 36.6 Å². The zero-order chi connectivity index (χ0) is 24.3. The highest BCUT2D eigenvalue weighted by atomic mass is 19.1. The standard InChI is InChI=1S/C11H13F2NO2.C11H11F2NO2/c2*1-14-10(11(15)16-2)5-7-3-8(12)6-9(13)4-7/h3-4,6,10,14H,5H2,1-2H3;3-6,14H,1-2H3/b;10-5-/t10-;/m0./s1. The highest BCUT2D eigenvalue weighted by molar-refractivity contribution is 5.92. The summed E-state index contributed by atoms with van der Waals surface area (Å²) in [5.74, 6) is -3.79. The van der Waals surface area contributed by atoms with Crippen LogP contribution in [0.4, 0.5) is 17.6 Å². The zero-order valence-corrected chi connectivity index (χ0v) is 18.0. The molecule has 10 heteroatoms. The number of carbonyl (C=O) groups is 2. The van der Waals surface area contributed by atoms with E-state index in [9.17, 15) is 27.2 Å². The fourth-order valence-electron chi connectivity index (χ4n) is 2.58. The predicted molar refractivity (Wildman–Crippen MR) is 110 cm³/mol. The summed E-state index contributed by atoms with van der Waals surface area (Å²) in [5, 5.41) is 5.30. The number of hydrogen-bond donors (Lipinski definition) is 2. The van der Waals surface area contributed by atoms with Crippen molar-refractivity contribution in [1.82, 2.24) is 10.6 Å². The number of likely N-dealkylation sites (N-methyl/N-ethyl adjacent to an activating group) is 2. The number of nitrogens with one attached hydrogen (secondary N) is 2. The van der Waals surface area contributed by atoms with E-state index >= 15 is 0 Å². The molecule has 0 saturated carbocycles. The van der Waals surface area contributed by atoms with E-state index in [1.165, 1.54) is 39.5 Å². The van der Waals surface area contributed by atoms with Gasteiger partial charge in [0.1, 0.15) is 35.0 Å². The lowest BCUT2D eigenvalue weighted by molar-refractivity contribution is -0.143. The molecule has 0 aliphatic rings. The van der Waals surface area contributed by atoms with E-state index in [2.05, 4.69) is 20.1 Å². The topological polar surface area (TPSA) is 76.7 Å². The van der Waals surface area contributed by atoms with Crippen LogP contribution in [0.25, 0.3) is 6.08 Å². The molecule has 0 bridgehead atoms. The summed E-state index contributed by atoms with van der Waals surface area (Å²) >= 11 is 0. The van der Waals surface area contributed by atoms with Crippen molar-refractivity contribution in [2.45, 2.75) is 12.5 Å². The van der Waals surface area contributed by atoms with Gasteiger partial charge in [-0.05, 0) is 54.9 Å². The van der Waals surface area contributed by atoms with Gasteiger partial charge in [-0.15, -0.1) is 0 Å². The molecule has 2 rings (SSSR count). The molecule has 2 N–H and O–H groups in total. The molecule has 0 saturated heterocycles. The lowest BCUT2D eigenvalue weighted by Gasteiger charge is -2.13. The maximum Gasteiger partial charge on any atom is 0.354 e. The number of halogens is 4. The van der Waals surface area contributed by atoms with E-state index in [-0.39, 0.29) is 17.7 Å². The lowest BCUT2D eigenvalue weighted by atomic mass is 10.1. The number of rotatable bonds is 7. The van der Waals surface area contributed by atoms with Crippen molar-refractivity contribution in [3.63, 3.8) is 0 Å². The Morgan fingerprint density at radius 1 is 0.875 bits per heavy atom. The monoisotopic (exact) mass is 456 g/mol. The van der Waals surface area contributed by atoms with E-state index in [0.29, 0.717) is 5.56 Å². The second kappa shape index (κ2) is 13.1. The van der Waals surface area contributed by atoms with E-state index in [4.69, 9.17) is 0 Å². The van der Waals surface area contributed by atoms with Gasteiger partial charge >= 0.3 is 11.9 Å².